The maximum absolute atomic E-state index is 11.5. The summed E-state index contributed by atoms with van der Waals surface area (Å²) in [6.45, 7) is 0.640. The number of nitrogens with one attached hydrogen (secondary N) is 2. The van der Waals surface area contributed by atoms with Gasteiger partial charge in [0, 0.05) is 17.0 Å². The maximum atomic E-state index is 11.5. The molecule has 18 heavy (non-hydrogen) atoms. The van der Waals surface area contributed by atoms with Gasteiger partial charge in [-0.3, -0.25) is 0 Å². The van der Waals surface area contributed by atoms with Crippen LogP contribution in [0.15, 0.2) is 40.5 Å². The van der Waals surface area contributed by atoms with E-state index in [-0.39, 0.29) is 12.6 Å². The van der Waals surface area contributed by atoms with E-state index in [0.29, 0.717) is 12.1 Å². The van der Waals surface area contributed by atoms with Gasteiger partial charge in [0.15, 0.2) is 0 Å². The molecule has 0 spiro atoms. The van der Waals surface area contributed by atoms with Crippen LogP contribution in [0.25, 0.3) is 0 Å². The summed E-state index contributed by atoms with van der Waals surface area (Å²) in [6, 6.07) is 5.24. The van der Waals surface area contributed by atoms with Crippen molar-refractivity contribution in [1.29, 1.82) is 0 Å². The molecule has 2 heterocycles. The Balaban J connectivity index is 1.68. The molecule has 96 valence electrons. The van der Waals surface area contributed by atoms with E-state index in [4.69, 9.17) is 4.42 Å². The minimum Gasteiger partial charge on any atom is -0.472 e. The lowest BCUT2D eigenvalue weighted by Gasteiger charge is -2.10. The first-order valence-electron chi connectivity index (χ1n) is 5.50. The van der Waals surface area contributed by atoms with Crippen molar-refractivity contribution in [2.45, 2.75) is 12.6 Å². The van der Waals surface area contributed by atoms with Crippen molar-refractivity contribution in [2.75, 3.05) is 6.54 Å². The van der Waals surface area contributed by atoms with Gasteiger partial charge >= 0.3 is 6.03 Å². The van der Waals surface area contributed by atoms with Crippen LogP contribution in [0.4, 0.5) is 4.79 Å². The molecule has 0 aliphatic heterocycles. The summed E-state index contributed by atoms with van der Waals surface area (Å²) in [7, 11) is 0. The van der Waals surface area contributed by atoms with E-state index in [2.05, 4.69) is 10.6 Å². The second kappa shape index (κ2) is 6.23. The Bertz CT molecular complexity index is 467. The number of rotatable bonds is 5. The second-order valence-corrected chi connectivity index (χ2v) is 4.75. The van der Waals surface area contributed by atoms with Crippen LogP contribution in [0, 0.1) is 0 Å². The van der Waals surface area contributed by atoms with Crippen molar-refractivity contribution < 1.29 is 14.3 Å². The molecule has 6 heteroatoms. The second-order valence-electron chi connectivity index (χ2n) is 3.72. The molecule has 0 bridgehead atoms. The molecule has 1 atom stereocenters. The minimum atomic E-state index is -0.753. The number of hydrogen-bond donors (Lipinski definition) is 3. The zero-order valence-electron chi connectivity index (χ0n) is 9.63. The van der Waals surface area contributed by atoms with E-state index >= 15 is 0 Å². The number of aliphatic hydroxyl groups is 1. The third kappa shape index (κ3) is 3.61. The van der Waals surface area contributed by atoms with Gasteiger partial charge in [-0.15, -0.1) is 11.3 Å². The standard InChI is InChI=1S/C12H14N2O3S/c15-11(9-3-4-17-8-9)7-14-12(16)13-6-10-2-1-5-18-10/h1-5,8,11,15H,6-7H2,(H2,13,14,16). The normalized spacial score (nSPS) is 12.1. The SMILES string of the molecule is O=C(NCc1cccs1)NCC(O)c1ccoc1. The van der Waals surface area contributed by atoms with E-state index in [1.165, 1.54) is 12.5 Å². The fourth-order valence-corrected chi connectivity index (χ4v) is 2.06. The van der Waals surface area contributed by atoms with Crippen molar-refractivity contribution in [2.24, 2.45) is 0 Å². The quantitative estimate of drug-likeness (QED) is 0.773. The van der Waals surface area contributed by atoms with E-state index in [1.807, 2.05) is 17.5 Å². The number of furan rings is 1. The van der Waals surface area contributed by atoms with Gasteiger partial charge in [0.2, 0.25) is 0 Å². The van der Waals surface area contributed by atoms with Gasteiger partial charge in [-0.25, -0.2) is 4.79 Å². The fraction of sp³-hybridized carbons (Fsp3) is 0.250. The van der Waals surface area contributed by atoms with Gasteiger partial charge in [-0.2, -0.15) is 0 Å². The average molecular weight is 266 g/mol. The van der Waals surface area contributed by atoms with Crippen molar-refractivity contribution in [3.05, 3.63) is 46.5 Å². The summed E-state index contributed by atoms with van der Waals surface area (Å²) in [5.41, 5.74) is 0.647. The molecule has 5 nitrogen and oxygen atoms in total. The molecule has 2 aromatic rings. The highest BCUT2D eigenvalue weighted by atomic mass is 32.1. The third-order valence-electron chi connectivity index (χ3n) is 2.39. The van der Waals surface area contributed by atoms with E-state index in [0.717, 1.165) is 4.88 Å². The molecule has 0 fully saturated rings. The summed E-state index contributed by atoms with van der Waals surface area (Å²) in [5.74, 6) is 0. The van der Waals surface area contributed by atoms with Crippen LogP contribution in [-0.4, -0.2) is 17.7 Å². The fourth-order valence-electron chi connectivity index (χ4n) is 1.41. The molecule has 0 saturated heterocycles. The number of carbonyl (C=O) groups is 1. The predicted octanol–water partition coefficient (Wildman–Crippen LogP) is 1.87. The van der Waals surface area contributed by atoms with Crippen LogP contribution in [-0.2, 0) is 6.54 Å². The van der Waals surface area contributed by atoms with Crippen molar-refractivity contribution in [3.8, 4) is 0 Å². The predicted molar refractivity (Wildman–Crippen MR) is 68.2 cm³/mol. The zero-order valence-corrected chi connectivity index (χ0v) is 10.4. The van der Waals surface area contributed by atoms with Crippen LogP contribution in [0.3, 0.4) is 0 Å². The first kappa shape index (κ1) is 12.7. The molecule has 0 aromatic carbocycles. The number of urea groups is 1. The number of amides is 2. The topological polar surface area (TPSA) is 74.5 Å². The number of thiophene rings is 1. The van der Waals surface area contributed by atoms with Crippen LogP contribution in [0.1, 0.15) is 16.5 Å². The molecule has 2 amide bonds. The van der Waals surface area contributed by atoms with Gasteiger partial charge < -0.3 is 20.2 Å². The van der Waals surface area contributed by atoms with Crippen LogP contribution in [0.2, 0.25) is 0 Å². The van der Waals surface area contributed by atoms with Crippen LogP contribution in [0.5, 0.6) is 0 Å². The van der Waals surface area contributed by atoms with Crippen molar-refractivity contribution in [3.63, 3.8) is 0 Å². The lowest BCUT2D eigenvalue weighted by molar-refractivity contribution is 0.172. The molecule has 2 aromatic heterocycles. The van der Waals surface area contributed by atoms with Crippen LogP contribution < -0.4 is 10.6 Å². The van der Waals surface area contributed by atoms with E-state index in [1.54, 1.807) is 17.4 Å². The first-order valence-corrected chi connectivity index (χ1v) is 6.38. The molecular weight excluding hydrogens is 252 g/mol. The van der Waals surface area contributed by atoms with Gasteiger partial charge in [-0.05, 0) is 17.5 Å². The molecule has 0 aliphatic rings. The van der Waals surface area contributed by atoms with Crippen molar-refractivity contribution in [1.82, 2.24) is 10.6 Å². The highest BCUT2D eigenvalue weighted by Gasteiger charge is 2.10. The summed E-state index contributed by atoms with van der Waals surface area (Å²) < 4.78 is 4.85. The highest BCUT2D eigenvalue weighted by Crippen LogP contribution is 2.11. The monoisotopic (exact) mass is 266 g/mol. The largest absolute Gasteiger partial charge is 0.472 e. The summed E-state index contributed by atoms with van der Waals surface area (Å²) in [4.78, 5) is 12.5. The molecule has 0 radical (unpaired) electrons. The number of carbonyl (C=O) groups excluding carboxylic acids is 1. The zero-order chi connectivity index (χ0) is 12.8. The summed E-state index contributed by atoms with van der Waals surface area (Å²) in [5, 5.41) is 17.0. The van der Waals surface area contributed by atoms with Gasteiger partial charge in [0.05, 0.1) is 25.2 Å². The number of aliphatic hydroxyl groups excluding tert-OH is 1. The Labute approximate surface area is 108 Å². The maximum Gasteiger partial charge on any atom is 0.315 e. The molecular formula is C12H14N2O3S. The Hall–Kier alpha value is -1.79. The van der Waals surface area contributed by atoms with Crippen molar-refractivity contribution >= 4 is 17.4 Å². The third-order valence-corrected chi connectivity index (χ3v) is 3.26. The first-order chi connectivity index (χ1) is 8.75. The molecule has 1 unspecified atom stereocenters. The lowest BCUT2D eigenvalue weighted by Crippen LogP contribution is -2.37. The Morgan fingerprint density at radius 1 is 1.44 bits per heavy atom. The van der Waals surface area contributed by atoms with Gasteiger partial charge in [-0.1, -0.05) is 6.07 Å². The average Bonchev–Trinajstić information content (AvgIpc) is 3.05. The molecule has 2 rings (SSSR count). The summed E-state index contributed by atoms with van der Waals surface area (Å²) >= 11 is 1.58. The highest BCUT2D eigenvalue weighted by molar-refractivity contribution is 7.09. The van der Waals surface area contributed by atoms with E-state index < -0.39 is 6.10 Å². The number of hydrogen-bond acceptors (Lipinski definition) is 4. The Kier molecular flexibility index (Phi) is 4.38. The molecule has 3 N–H and O–H groups in total. The molecule has 0 saturated carbocycles. The summed E-state index contributed by atoms with van der Waals surface area (Å²) in [6.07, 6.45) is 2.18. The van der Waals surface area contributed by atoms with Gasteiger partial charge in [0.1, 0.15) is 0 Å². The Morgan fingerprint density at radius 2 is 2.33 bits per heavy atom. The minimum absolute atomic E-state index is 0.149. The molecule has 0 aliphatic carbocycles. The van der Waals surface area contributed by atoms with Crippen LogP contribution >= 0.6 is 11.3 Å². The van der Waals surface area contributed by atoms with Gasteiger partial charge in [0.25, 0.3) is 0 Å². The Morgan fingerprint density at radius 3 is 3.00 bits per heavy atom. The lowest BCUT2D eigenvalue weighted by atomic mass is 10.2. The smallest absolute Gasteiger partial charge is 0.315 e. The van der Waals surface area contributed by atoms with E-state index in [9.17, 15) is 9.90 Å².